The van der Waals surface area contributed by atoms with E-state index in [1.807, 2.05) is 38.1 Å². The summed E-state index contributed by atoms with van der Waals surface area (Å²) in [5.74, 6) is -0.397. The lowest BCUT2D eigenvalue weighted by Gasteiger charge is -2.07. The van der Waals surface area contributed by atoms with Crippen LogP contribution in [0.5, 0.6) is 0 Å². The number of pyridine rings is 1. The molecule has 0 unspecified atom stereocenters. The zero-order valence-electron chi connectivity index (χ0n) is 12.0. The van der Waals surface area contributed by atoms with Crippen LogP contribution in [0.2, 0.25) is 0 Å². The smallest absolute Gasteiger partial charge is 0.239 e. The molecule has 1 amide bonds. The lowest BCUT2D eigenvalue weighted by molar-refractivity contribution is -0.118. The van der Waals surface area contributed by atoms with Crippen LogP contribution in [-0.4, -0.2) is 20.7 Å². The third-order valence-corrected chi connectivity index (χ3v) is 3.60. The van der Waals surface area contributed by atoms with Gasteiger partial charge in [-0.1, -0.05) is 18.2 Å². The van der Waals surface area contributed by atoms with Crippen LogP contribution in [-0.2, 0) is 11.3 Å². The van der Waals surface area contributed by atoms with E-state index in [1.165, 1.54) is 0 Å². The molecule has 2 heterocycles. The maximum atomic E-state index is 11.1. The van der Waals surface area contributed by atoms with Crippen molar-refractivity contribution in [3.05, 3.63) is 47.9 Å². The molecule has 0 spiro atoms. The van der Waals surface area contributed by atoms with Crippen LogP contribution in [0.3, 0.4) is 0 Å². The van der Waals surface area contributed by atoms with Crippen LogP contribution in [0.1, 0.15) is 11.4 Å². The molecule has 5 nitrogen and oxygen atoms in total. The molecule has 5 heteroatoms. The molecule has 3 rings (SSSR count). The molecule has 0 radical (unpaired) electrons. The minimum absolute atomic E-state index is 0.0929. The Bertz CT molecular complexity index is 830. The van der Waals surface area contributed by atoms with E-state index >= 15 is 0 Å². The average molecular weight is 280 g/mol. The first-order chi connectivity index (χ1) is 10.1. The molecule has 21 heavy (non-hydrogen) atoms. The van der Waals surface area contributed by atoms with Crippen molar-refractivity contribution in [1.29, 1.82) is 0 Å². The third kappa shape index (κ3) is 2.27. The van der Waals surface area contributed by atoms with Crippen molar-refractivity contribution in [3.8, 4) is 11.1 Å². The normalized spacial score (nSPS) is 11.0. The van der Waals surface area contributed by atoms with E-state index in [0.717, 1.165) is 33.4 Å². The summed E-state index contributed by atoms with van der Waals surface area (Å²) >= 11 is 0. The van der Waals surface area contributed by atoms with Crippen LogP contribution in [0.4, 0.5) is 0 Å². The minimum Gasteiger partial charge on any atom is -0.368 e. The van der Waals surface area contributed by atoms with E-state index < -0.39 is 5.91 Å². The first-order valence-electron chi connectivity index (χ1n) is 6.74. The maximum absolute atomic E-state index is 11.1. The number of rotatable bonds is 3. The fourth-order valence-electron chi connectivity index (χ4n) is 2.71. The molecule has 2 aromatic heterocycles. The standard InChI is InChI=1S/C16H16N4O/c1-10-16(11(2)20(19-10)9-15(17)21)13-5-3-7-14-12(13)6-4-8-18-14/h3-8H,9H2,1-2H3,(H2,17,21). The molecule has 0 fully saturated rings. The first kappa shape index (κ1) is 13.3. The summed E-state index contributed by atoms with van der Waals surface area (Å²) in [6.07, 6.45) is 1.78. The Morgan fingerprint density at radius 1 is 1.24 bits per heavy atom. The van der Waals surface area contributed by atoms with Gasteiger partial charge in [0.15, 0.2) is 0 Å². The fraction of sp³-hybridized carbons (Fsp3) is 0.188. The summed E-state index contributed by atoms with van der Waals surface area (Å²) in [5.41, 5.74) is 10.1. The van der Waals surface area contributed by atoms with Gasteiger partial charge in [0.1, 0.15) is 6.54 Å². The Morgan fingerprint density at radius 2 is 2.05 bits per heavy atom. The molecule has 0 saturated heterocycles. The number of aromatic nitrogens is 3. The minimum atomic E-state index is -0.397. The van der Waals surface area contributed by atoms with Crippen LogP contribution < -0.4 is 5.73 Å². The van der Waals surface area contributed by atoms with Crippen molar-refractivity contribution < 1.29 is 4.79 Å². The highest BCUT2D eigenvalue weighted by Gasteiger charge is 2.16. The number of nitrogens with two attached hydrogens (primary N) is 1. The van der Waals surface area contributed by atoms with Crippen molar-refractivity contribution in [1.82, 2.24) is 14.8 Å². The summed E-state index contributed by atoms with van der Waals surface area (Å²) in [5, 5.41) is 5.50. The number of aryl methyl sites for hydroxylation is 1. The monoisotopic (exact) mass is 280 g/mol. The summed E-state index contributed by atoms with van der Waals surface area (Å²) < 4.78 is 1.65. The SMILES string of the molecule is Cc1nn(CC(N)=O)c(C)c1-c1cccc2ncccc12. The van der Waals surface area contributed by atoms with Gasteiger partial charge in [-0.05, 0) is 31.5 Å². The Morgan fingerprint density at radius 3 is 2.81 bits per heavy atom. The fourth-order valence-corrected chi connectivity index (χ4v) is 2.71. The predicted octanol–water partition coefficient (Wildman–Crippen LogP) is 2.20. The lowest BCUT2D eigenvalue weighted by atomic mass is 9.99. The van der Waals surface area contributed by atoms with Crippen molar-refractivity contribution >= 4 is 16.8 Å². The Kier molecular flexibility index (Phi) is 3.17. The Hall–Kier alpha value is -2.69. The van der Waals surface area contributed by atoms with Crippen molar-refractivity contribution in [2.75, 3.05) is 0 Å². The number of hydrogen-bond acceptors (Lipinski definition) is 3. The van der Waals surface area contributed by atoms with Gasteiger partial charge < -0.3 is 5.73 Å². The second-order valence-electron chi connectivity index (χ2n) is 5.05. The van der Waals surface area contributed by atoms with E-state index in [0.29, 0.717) is 0 Å². The van der Waals surface area contributed by atoms with E-state index in [-0.39, 0.29) is 6.54 Å². The molecule has 0 aliphatic carbocycles. The van der Waals surface area contributed by atoms with Gasteiger partial charge in [-0.15, -0.1) is 0 Å². The number of nitrogens with zero attached hydrogens (tertiary/aromatic N) is 3. The second kappa shape index (κ2) is 5.01. The lowest BCUT2D eigenvalue weighted by Crippen LogP contribution is -2.20. The molecule has 106 valence electrons. The molecule has 0 aliphatic heterocycles. The summed E-state index contributed by atoms with van der Waals surface area (Å²) in [6.45, 7) is 3.98. The van der Waals surface area contributed by atoms with E-state index in [2.05, 4.69) is 16.1 Å². The number of amides is 1. The zero-order valence-corrected chi connectivity index (χ0v) is 12.0. The highest BCUT2D eigenvalue weighted by atomic mass is 16.1. The number of hydrogen-bond donors (Lipinski definition) is 1. The van der Waals surface area contributed by atoms with Crippen LogP contribution >= 0.6 is 0 Å². The highest BCUT2D eigenvalue weighted by Crippen LogP contribution is 2.32. The van der Waals surface area contributed by atoms with Crippen molar-refractivity contribution in [2.24, 2.45) is 5.73 Å². The number of carbonyl (C=O) groups is 1. The van der Waals surface area contributed by atoms with Crippen molar-refractivity contribution in [3.63, 3.8) is 0 Å². The molecule has 0 bridgehead atoms. The maximum Gasteiger partial charge on any atom is 0.239 e. The number of primary amides is 1. The molecule has 3 aromatic rings. The molecule has 1 aromatic carbocycles. The van der Waals surface area contributed by atoms with E-state index in [9.17, 15) is 4.79 Å². The number of fused-ring (bicyclic) bond motifs is 1. The largest absolute Gasteiger partial charge is 0.368 e. The summed E-state index contributed by atoms with van der Waals surface area (Å²) in [4.78, 5) is 15.5. The van der Waals surface area contributed by atoms with Crippen LogP contribution in [0.15, 0.2) is 36.5 Å². The topological polar surface area (TPSA) is 73.8 Å². The van der Waals surface area contributed by atoms with Crippen molar-refractivity contribution in [2.45, 2.75) is 20.4 Å². The zero-order chi connectivity index (χ0) is 15.0. The Balaban J connectivity index is 2.24. The van der Waals surface area contributed by atoms with Gasteiger partial charge in [-0.2, -0.15) is 5.10 Å². The van der Waals surface area contributed by atoms with Crippen LogP contribution in [0, 0.1) is 13.8 Å². The Labute approximate surface area is 122 Å². The molecule has 0 saturated carbocycles. The summed E-state index contributed by atoms with van der Waals surface area (Å²) in [6, 6.07) is 9.98. The van der Waals surface area contributed by atoms with E-state index in [4.69, 9.17) is 5.73 Å². The van der Waals surface area contributed by atoms with Gasteiger partial charge in [-0.25, -0.2) is 0 Å². The molecule has 0 atom stereocenters. The van der Waals surface area contributed by atoms with Gasteiger partial charge in [0.05, 0.1) is 11.2 Å². The molecule has 2 N–H and O–H groups in total. The van der Waals surface area contributed by atoms with Gasteiger partial charge >= 0.3 is 0 Å². The number of carbonyl (C=O) groups excluding carboxylic acids is 1. The van der Waals surface area contributed by atoms with Crippen LogP contribution in [0.25, 0.3) is 22.0 Å². The predicted molar refractivity (Wildman–Crippen MR) is 81.6 cm³/mol. The second-order valence-corrected chi connectivity index (χ2v) is 5.05. The quantitative estimate of drug-likeness (QED) is 0.799. The molecule has 0 aliphatic rings. The van der Waals surface area contributed by atoms with E-state index in [1.54, 1.807) is 10.9 Å². The van der Waals surface area contributed by atoms with Gasteiger partial charge in [-0.3, -0.25) is 14.5 Å². The molecular weight excluding hydrogens is 264 g/mol. The van der Waals surface area contributed by atoms with Gasteiger partial charge in [0.25, 0.3) is 0 Å². The first-order valence-corrected chi connectivity index (χ1v) is 6.74. The summed E-state index contributed by atoms with van der Waals surface area (Å²) in [7, 11) is 0. The average Bonchev–Trinajstić information content (AvgIpc) is 2.72. The van der Waals surface area contributed by atoms with Gasteiger partial charge in [0, 0.05) is 22.8 Å². The highest BCUT2D eigenvalue weighted by molar-refractivity contribution is 5.95. The molecular formula is C16H16N4O. The number of benzene rings is 1. The third-order valence-electron chi connectivity index (χ3n) is 3.60. The van der Waals surface area contributed by atoms with Gasteiger partial charge in [0.2, 0.25) is 5.91 Å².